The molecular formula is C20H24N6O. The van der Waals surface area contributed by atoms with E-state index >= 15 is 0 Å². The number of amides is 1. The Hall–Kier alpha value is -2.93. The van der Waals surface area contributed by atoms with Gasteiger partial charge in [0.15, 0.2) is 0 Å². The van der Waals surface area contributed by atoms with Crippen molar-refractivity contribution in [3.8, 4) is 0 Å². The number of aromatic nitrogens is 4. The van der Waals surface area contributed by atoms with Crippen LogP contribution in [-0.2, 0) is 20.1 Å². The van der Waals surface area contributed by atoms with Crippen molar-refractivity contribution in [3.63, 3.8) is 0 Å². The lowest BCUT2D eigenvalue weighted by Crippen LogP contribution is -2.39. The first-order valence-corrected chi connectivity index (χ1v) is 9.24. The summed E-state index contributed by atoms with van der Waals surface area (Å²) in [4.78, 5) is 18.9. The molecule has 7 heteroatoms. The van der Waals surface area contributed by atoms with E-state index < -0.39 is 0 Å². The maximum Gasteiger partial charge on any atom is 0.267 e. The van der Waals surface area contributed by atoms with Gasteiger partial charge in [-0.05, 0) is 36.2 Å². The van der Waals surface area contributed by atoms with Gasteiger partial charge in [-0.3, -0.25) is 19.4 Å². The van der Waals surface area contributed by atoms with Crippen LogP contribution in [0.5, 0.6) is 0 Å². The minimum atomic E-state index is -0.0359. The zero-order chi connectivity index (χ0) is 18.6. The topological polar surface area (TPSA) is 68.0 Å². The van der Waals surface area contributed by atoms with Crippen molar-refractivity contribution in [2.75, 3.05) is 13.1 Å². The van der Waals surface area contributed by atoms with Crippen molar-refractivity contribution in [3.05, 3.63) is 72.1 Å². The molecule has 0 fully saturated rings. The molecule has 0 bridgehead atoms. The highest BCUT2D eigenvalue weighted by atomic mass is 16.1. The molecular weight excluding hydrogens is 340 g/mol. The standard InChI is InChI=1S/C20H24N6O/c1-24-11-3-5-19(24)20(27)22-9-6-17-14-25(13-16-4-2-8-21-12-16)15-18-7-10-23-26(17)18/h2-5,7-8,10-12,17H,6,9,13-15H2,1H3,(H,22,27)/t17-/m1/s1. The first kappa shape index (κ1) is 17.5. The monoisotopic (exact) mass is 364 g/mol. The van der Waals surface area contributed by atoms with Gasteiger partial charge in [0, 0.05) is 58.0 Å². The van der Waals surface area contributed by atoms with E-state index in [0.29, 0.717) is 12.2 Å². The highest BCUT2D eigenvalue weighted by molar-refractivity contribution is 5.92. The predicted octanol–water partition coefficient (Wildman–Crippen LogP) is 1.99. The molecule has 0 aromatic carbocycles. The van der Waals surface area contributed by atoms with Crippen LogP contribution < -0.4 is 5.32 Å². The first-order valence-electron chi connectivity index (χ1n) is 9.24. The number of aryl methyl sites for hydroxylation is 1. The summed E-state index contributed by atoms with van der Waals surface area (Å²) < 4.78 is 3.94. The molecule has 1 N–H and O–H groups in total. The largest absolute Gasteiger partial charge is 0.351 e. The van der Waals surface area contributed by atoms with Gasteiger partial charge in [-0.25, -0.2) is 0 Å². The first-order chi connectivity index (χ1) is 13.2. The van der Waals surface area contributed by atoms with Crippen molar-refractivity contribution in [1.29, 1.82) is 0 Å². The molecule has 1 amide bonds. The summed E-state index contributed by atoms with van der Waals surface area (Å²) >= 11 is 0. The molecule has 1 aliphatic heterocycles. The second-order valence-corrected chi connectivity index (χ2v) is 7.00. The van der Waals surface area contributed by atoms with Crippen LogP contribution in [0.1, 0.15) is 34.2 Å². The van der Waals surface area contributed by atoms with Gasteiger partial charge in [-0.2, -0.15) is 5.10 Å². The summed E-state index contributed by atoms with van der Waals surface area (Å²) in [5, 5.41) is 7.53. The van der Waals surface area contributed by atoms with Crippen LogP contribution in [0.25, 0.3) is 0 Å². The van der Waals surface area contributed by atoms with Gasteiger partial charge in [0.25, 0.3) is 5.91 Å². The highest BCUT2D eigenvalue weighted by Gasteiger charge is 2.25. The molecule has 140 valence electrons. The molecule has 0 spiro atoms. The molecule has 1 aliphatic rings. The third-order valence-electron chi connectivity index (χ3n) is 5.02. The summed E-state index contributed by atoms with van der Waals surface area (Å²) in [5.74, 6) is -0.0359. The SMILES string of the molecule is Cn1cccc1C(=O)NCC[C@@H]1CN(Cc2cccnc2)Cc2ccnn21. The molecule has 3 aromatic heterocycles. The second-order valence-electron chi connectivity index (χ2n) is 7.00. The molecule has 0 unspecified atom stereocenters. The molecule has 0 radical (unpaired) electrons. The Kier molecular flexibility index (Phi) is 5.02. The van der Waals surface area contributed by atoms with E-state index in [1.54, 1.807) is 6.20 Å². The lowest BCUT2D eigenvalue weighted by Gasteiger charge is -2.34. The Morgan fingerprint density at radius 2 is 2.19 bits per heavy atom. The molecule has 1 atom stereocenters. The summed E-state index contributed by atoms with van der Waals surface area (Å²) in [6.45, 7) is 3.27. The van der Waals surface area contributed by atoms with E-state index in [-0.39, 0.29) is 11.9 Å². The molecule has 4 heterocycles. The van der Waals surface area contributed by atoms with Gasteiger partial charge in [0.1, 0.15) is 5.69 Å². The molecule has 7 nitrogen and oxygen atoms in total. The smallest absolute Gasteiger partial charge is 0.267 e. The molecule has 27 heavy (non-hydrogen) atoms. The van der Waals surface area contributed by atoms with E-state index in [9.17, 15) is 4.79 Å². The van der Waals surface area contributed by atoms with Gasteiger partial charge >= 0.3 is 0 Å². The predicted molar refractivity (Wildman–Crippen MR) is 102 cm³/mol. The molecule has 3 aromatic rings. The number of nitrogens with one attached hydrogen (secondary N) is 1. The van der Waals surface area contributed by atoms with Crippen LogP contribution >= 0.6 is 0 Å². The average molecular weight is 364 g/mol. The summed E-state index contributed by atoms with van der Waals surface area (Å²) in [5.41, 5.74) is 3.10. The lowest BCUT2D eigenvalue weighted by molar-refractivity contribution is 0.0939. The molecule has 0 aliphatic carbocycles. The molecule has 0 saturated carbocycles. The zero-order valence-corrected chi connectivity index (χ0v) is 15.5. The van der Waals surface area contributed by atoms with Gasteiger partial charge in [-0.15, -0.1) is 0 Å². The average Bonchev–Trinajstić information content (AvgIpc) is 3.31. The number of carbonyl (C=O) groups excluding carboxylic acids is 1. The summed E-state index contributed by atoms with van der Waals surface area (Å²) in [7, 11) is 1.88. The fourth-order valence-electron chi connectivity index (χ4n) is 3.69. The number of carbonyl (C=O) groups is 1. The number of rotatable bonds is 6. The third-order valence-corrected chi connectivity index (χ3v) is 5.02. The highest BCUT2D eigenvalue weighted by Crippen LogP contribution is 2.24. The Balaban J connectivity index is 1.38. The summed E-state index contributed by atoms with van der Waals surface area (Å²) in [6.07, 6.45) is 8.29. The van der Waals surface area contributed by atoms with Gasteiger partial charge in [0.2, 0.25) is 0 Å². The number of hydrogen-bond donors (Lipinski definition) is 1. The van der Waals surface area contributed by atoms with Crippen molar-refractivity contribution in [2.24, 2.45) is 7.05 Å². The quantitative estimate of drug-likeness (QED) is 0.726. The fraction of sp³-hybridized carbons (Fsp3) is 0.350. The fourth-order valence-corrected chi connectivity index (χ4v) is 3.69. The molecule has 4 rings (SSSR count). The lowest BCUT2D eigenvalue weighted by atomic mass is 10.1. The van der Waals surface area contributed by atoms with Gasteiger partial charge in [0.05, 0.1) is 11.7 Å². The van der Waals surface area contributed by atoms with Crippen LogP contribution in [0.3, 0.4) is 0 Å². The minimum absolute atomic E-state index is 0.0359. The van der Waals surface area contributed by atoms with Crippen molar-refractivity contribution < 1.29 is 4.79 Å². The van der Waals surface area contributed by atoms with E-state index in [1.165, 1.54) is 11.3 Å². The number of nitrogens with zero attached hydrogens (tertiary/aromatic N) is 5. The number of hydrogen-bond acceptors (Lipinski definition) is 4. The Labute approximate surface area is 158 Å². The number of fused-ring (bicyclic) bond motifs is 1. The Morgan fingerprint density at radius 1 is 1.26 bits per heavy atom. The Bertz CT molecular complexity index is 900. The van der Waals surface area contributed by atoms with Crippen molar-refractivity contribution in [1.82, 2.24) is 29.5 Å². The normalized spacial score (nSPS) is 16.9. The minimum Gasteiger partial charge on any atom is -0.351 e. The van der Waals surface area contributed by atoms with Crippen LogP contribution in [0.4, 0.5) is 0 Å². The second kappa shape index (κ2) is 7.75. The van der Waals surface area contributed by atoms with Crippen LogP contribution in [0, 0.1) is 0 Å². The van der Waals surface area contributed by atoms with E-state index in [1.807, 2.05) is 48.4 Å². The maximum atomic E-state index is 12.3. The van der Waals surface area contributed by atoms with E-state index in [4.69, 9.17) is 0 Å². The summed E-state index contributed by atoms with van der Waals surface area (Å²) in [6, 6.07) is 10.1. The Morgan fingerprint density at radius 3 is 2.96 bits per heavy atom. The number of pyridine rings is 1. The van der Waals surface area contributed by atoms with E-state index in [2.05, 4.69) is 37.1 Å². The third kappa shape index (κ3) is 3.93. The van der Waals surface area contributed by atoms with Crippen LogP contribution in [-0.4, -0.2) is 43.2 Å². The maximum absolute atomic E-state index is 12.3. The van der Waals surface area contributed by atoms with Crippen LogP contribution in [0.2, 0.25) is 0 Å². The van der Waals surface area contributed by atoms with Crippen molar-refractivity contribution >= 4 is 5.91 Å². The molecule has 0 saturated heterocycles. The van der Waals surface area contributed by atoms with Crippen molar-refractivity contribution in [2.45, 2.75) is 25.6 Å². The van der Waals surface area contributed by atoms with Crippen LogP contribution in [0.15, 0.2) is 55.1 Å². The van der Waals surface area contributed by atoms with Gasteiger partial charge < -0.3 is 9.88 Å². The zero-order valence-electron chi connectivity index (χ0n) is 15.5. The van der Waals surface area contributed by atoms with E-state index in [0.717, 1.165) is 26.1 Å². The van der Waals surface area contributed by atoms with Gasteiger partial charge in [-0.1, -0.05) is 6.07 Å².